The van der Waals surface area contributed by atoms with Gasteiger partial charge < -0.3 is 13.9 Å². The maximum Gasteiger partial charge on any atom is 0.338 e. The van der Waals surface area contributed by atoms with Crippen molar-refractivity contribution in [3.05, 3.63) is 109 Å². The molecule has 1 aliphatic heterocycles. The third-order valence-corrected chi connectivity index (χ3v) is 8.32. The minimum Gasteiger partial charge on any atom is -0.462 e. The van der Waals surface area contributed by atoms with Gasteiger partial charge in [-0.2, -0.15) is 0 Å². The van der Waals surface area contributed by atoms with Gasteiger partial charge in [-0.3, -0.25) is 9.36 Å². The molecule has 5 rings (SSSR count). The minimum absolute atomic E-state index is 0.281. The first-order valence-corrected chi connectivity index (χ1v) is 15.5. The van der Waals surface area contributed by atoms with Crippen LogP contribution in [0.3, 0.4) is 0 Å². The van der Waals surface area contributed by atoms with Crippen molar-refractivity contribution in [2.24, 2.45) is 4.99 Å². The lowest BCUT2D eigenvalue weighted by Gasteiger charge is -2.25. The molecular formula is C32H30N2O6S2. The highest BCUT2D eigenvalue weighted by Crippen LogP contribution is 2.32. The molecule has 0 N–H and O–H groups in total. The van der Waals surface area contributed by atoms with E-state index in [0.29, 0.717) is 44.3 Å². The van der Waals surface area contributed by atoms with Crippen molar-refractivity contribution in [2.75, 3.05) is 12.9 Å². The van der Waals surface area contributed by atoms with Gasteiger partial charge in [0.2, 0.25) is 0 Å². The first-order valence-electron chi connectivity index (χ1n) is 13.4. The molecule has 0 bridgehead atoms. The smallest absolute Gasteiger partial charge is 0.338 e. The van der Waals surface area contributed by atoms with Crippen LogP contribution >= 0.6 is 23.1 Å². The molecule has 1 atom stereocenters. The van der Waals surface area contributed by atoms with Crippen LogP contribution in [0.1, 0.15) is 55.4 Å². The average molecular weight is 603 g/mol. The Kier molecular flexibility index (Phi) is 8.65. The number of allylic oxidation sites excluding steroid dienone is 1. The average Bonchev–Trinajstić information content (AvgIpc) is 3.56. The Morgan fingerprint density at radius 1 is 1.07 bits per heavy atom. The van der Waals surface area contributed by atoms with E-state index in [0.717, 1.165) is 16.0 Å². The van der Waals surface area contributed by atoms with Gasteiger partial charge in [-0.1, -0.05) is 35.6 Å². The monoisotopic (exact) mass is 602 g/mol. The van der Waals surface area contributed by atoms with Crippen LogP contribution in [-0.4, -0.2) is 35.5 Å². The summed E-state index contributed by atoms with van der Waals surface area (Å²) in [4.78, 5) is 45.3. The van der Waals surface area contributed by atoms with Gasteiger partial charge in [0, 0.05) is 16.5 Å². The number of rotatable bonds is 8. The molecule has 0 saturated heterocycles. The normalized spacial score (nSPS) is 15.0. The summed E-state index contributed by atoms with van der Waals surface area (Å²) in [5.74, 6) is 0.199. The lowest BCUT2D eigenvalue weighted by atomic mass is 9.96. The summed E-state index contributed by atoms with van der Waals surface area (Å²) in [5, 5.41) is 0. The van der Waals surface area contributed by atoms with Gasteiger partial charge in [0.05, 0.1) is 40.1 Å². The van der Waals surface area contributed by atoms with Crippen molar-refractivity contribution in [2.45, 2.75) is 44.7 Å². The summed E-state index contributed by atoms with van der Waals surface area (Å²) in [5.41, 5.74) is 2.60. The number of hydrogen-bond acceptors (Lipinski definition) is 9. The van der Waals surface area contributed by atoms with Crippen LogP contribution < -0.4 is 14.9 Å². The predicted octanol–water partition coefficient (Wildman–Crippen LogP) is 5.35. The molecule has 0 amide bonds. The molecule has 2 aromatic heterocycles. The number of nitrogens with zero attached hydrogens (tertiary/aromatic N) is 2. The third kappa shape index (κ3) is 5.91. The number of hydrogen-bond donors (Lipinski definition) is 0. The van der Waals surface area contributed by atoms with Crippen molar-refractivity contribution < 1.29 is 23.5 Å². The molecule has 216 valence electrons. The second-order valence-corrected chi connectivity index (χ2v) is 11.7. The zero-order valence-corrected chi connectivity index (χ0v) is 25.5. The minimum atomic E-state index is -0.685. The SMILES string of the molecule is CCOC(=O)c1ccc(-c2ccc(/C=c3\sc4n(c3=O)[C@@H](c3ccc(SC)cc3)C(C(=O)OC(C)C)=C(C)N=4)o2)cc1. The molecule has 0 unspecified atom stereocenters. The lowest BCUT2D eigenvalue weighted by molar-refractivity contribution is -0.143. The summed E-state index contributed by atoms with van der Waals surface area (Å²) in [6.45, 7) is 7.41. The Balaban J connectivity index is 1.55. The Hall–Kier alpha value is -4.15. The molecule has 0 fully saturated rings. The molecule has 0 spiro atoms. The van der Waals surface area contributed by atoms with Crippen LogP contribution in [0.4, 0.5) is 0 Å². The molecule has 4 aromatic rings. The summed E-state index contributed by atoms with van der Waals surface area (Å²) >= 11 is 2.85. The fraction of sp³-hybridized carbons (Fsp3) is 0.250. The highest BCUT2D eigenvalue weighted by Gasteiger charge is 2.33. The zero-order chi connectivity index (χ0) is 30.0. The van der Waals surface area contributed by atoms with E-state index < -0.39 is 12.0 Å². The topological polar surface area (TPSA) is 100 Å². The fourth-order valence-corrected chi connectivity index (χ4v) is 6.10. The number of ether oxygens (including phenoxy) is 2. The van der Waals surface area contributed by atoms with E-state index in [1.807, 2.05) is 36.6 Å². The number of benzene rings is 2. The number of thiazole rings is 1. The number of carbonyl (C=O) groups is 2. The maximum atomic E-state index is 13.9. The molecule has 0 saturated carbocycles. The number of esters is 2. The molecule has 1 aliphatic rings. The van der Waals surface area contributed by atoms with Crippen molar-refractivity contribution >= 4 is 41.1 Å². The molecule has 8 nitrogen and oxygen atoms in total. The van der Waals surface area contributed by atoms with Gasteiger partial charge >= 0.3 is 11.9 Å². The van der Waals surface area contributed by atoms with Crippen LogP contribution in [0.5, 0.6) is 0 Å². The van der Waals surface area contributed by atoms with Gasteiger partial charge in [0.15, 0.2) is 4.80 Å². The molecule has 0 radical (unpaired) electrons. The highest BCUT2D eigenvalue weighted by molar-refractivity contribution is 7.98. The van der Waals surface area contributed by atoms with Crippen molar-refractivity contribution in [3.8, 4) is 11.3 Å². The molecule has 42 heavy (non-hydrogen) atoms. The number of thioether (sulfide) groups is 1. The number of fused-ring (bicyclic) bond motifs is 1. The fourth-order valence-electron chi connectivity index (χ4n) is 4.66. The Morgan fingerprint density at radius 3 is 2.43 bits per heavy atom. The van der Waals surface area contributed by atoms with Crippen LogP contribution in [0.2, 0.25) is 0 Å². The Bertz CT molecular complexity index is 1840. The molecular weight excluding hydrogens is 572 g/mol. The van der Waals surface area contributed by atoms with Crippen LogP contribution in [-0.2, 0) is 14.3 Å². The van der Waals surface area contributed by atoms with Crippen molar-refractivity contribution in [3.63, 3.8) is 0 Å². The van der Waals surface area contributed by atoms with Crippen LogP contribution in [0, 0.1) is 0 Å². The van der Waals surface area contributed by atoms with Gasteiger partial charge in [-0.05, 0) is 75.9 Å². The summed E-state index contributed by atoms with van der Waals surface area (Å²) in [6, 6.07) is 17.6. The summed E-state index contributed by atoms with van der Waals surface area (Å²) < 4.78 is 18.6. The zero-order valence-electron chi connectivity index (χ0n) is 23.9. The van der Waals surface area contributed by atoms with Gasteiger partial charge in [0.1, 0.15) is 11.5 Å². The Labute approximate surface area is 251 Å². The maximum absolute atomic E-state index is 13.9. The Morgan fingerprint density at radius 2 is 1.79 bits per heavy atom. The van der Waals surface area contributed by atoms with Gasteiger partial charge in [-0.15, -0.1) is 11.8 Å². The summed E-state index contributed by atoms with van der Waals surface area (Å²) in [6.07, 6.45) is 3.35. The quantitative estimate of drug-likeness (QED) is 0.198. The highest BCUT2D eigenvalue weighted by atomic mass is 32.2. The van der Waals surface area contributed by atoms with Crippen molar-refractivity contribution in [1.82, 2.24) is 4.57 Å². The van der Waals surface area contributed by atoms with Crippen molar-refractivity contribution in [1.29, 1.82) is 0 Å². The van der Waals surface area contributed by atoms with E-state index >= 15 is 0 Å². The molecule has 2 aromatic carbocycles. The van der Waals surface area contributed by atoms with E-state index in [1.165, 1.54) is 11.3 Å². The van der Waals surface area contributed by atoms with E-state index in [1.54, 1.807) is 80.4 Å². The summed E-state index contributed by atoms with van der Waals surface area (Å²) in [7, 11) is 0. The molecule has 3 heterocycles. The van der Waals surface area contributed by atoms with Gasteiger partial charge in [-0.25, -0.2) is 14.6 Å². The molecule has 0 aliphatic carbocycles. The first kappa shape index (κ1) is 29.3. The third-order valence-electron chi connectivity index (χ3n) is 6.60. The number of carbonyl (C=O) groups excluding carboxylic acids is 2. The number of aromatic nitrogens is 1. The molecule has 10 heteroatoms. The first-order chi connectivity index (χ1) is 20.2. The van der Waals surface area contributed by atoms with Crippen LogP contribution in [0.15, 0.2) is 91.0 Å². The van der Waals surface area contributed by atoms with E-state index in [2.05, 4.69) is 4.99 Å². The lowest BCUT2D eigenvalue weighted by Crippen LogP contribution is -2.40. The second-order valence-electron chi connectivity index (χ2n) is 9.81. The predicted molar refractivity (Wildman–Crippen MR) is 163 cm³/mol. The van der Waals surface area contributed by atoms with E-state index in [4.69, 9.17) is 13.9 Å². The van der Waals surface area contributed by atoms with Gasteiger partial charge in [0.25, 0.3) is 5.56 Å². The van der Waals surface area contributed by atoms with Crippen LogP contribution in [0.25, 0.3) is 17.4 Å². The van der Waals surface area contributed by atoms with E-state index in [9.17, 15) is 14.4 Å². The number of furan rings is 1. The second kappa shape index (κ2) is 12.4. The largest absolute Gasteiger partial charge is 0.462 e. The standard InChI is InChI=1S/C32H30N2O6S2/c1-6-38-30(36)22-9-7-20(8-10-22)25-16-13-23(40-25)17-26-29(35)34-28(21-11-14-24(41-5)15-12-21)27(31(37)39-18(2)3)19(4)33-32(34)42-26/h7-18,28H,6H2,1-5H3/b26-17-/t28-/m0/s1. The van der Waals surface area contributed by atoms with E-state index in [-0.39, 0.29) is 17.6 Å².